The van der Waals surface area contributed by atoms with E-state index in [1.807, 2.05) is 59.9 Å². The van der Waals surface area contributed by atoms with Crippen molar-refractivity contribution in [3.8, 4) is 5.75 Å². The lowest BCUT2D eigenvalue weighted by atomic mass is 10.1. The summed E-state index contributed by atoms with van der Waals surface area (Å²) in [5, 5.41) is 2.73. The summed E-state index contributed by atoms with van der Waals surface area (Å²) in [6, 6.07) is 14.8. The standard InChI is InChI=1S/C20H21NO4S2/c1-24-17-4-2-3-14(11-17)12-21-18(22)13-25-19(23)15-5-7-16(8-6-15)20-26-9-10-27-20/h2-8,11,20H,9-10,12-13H2,1H3,(H,21,22). The first kappa shape index (κ1) is 19.6. The zero-order valence-electron chi connectivity index (χ0n) is 15.0. The lowest BCUT2D eigenvalue weighted by Gasteiger charge is -2.10. The van der Waals surface area contributed by atoms with Crippen LogP contribution in [0, 0.1) is 0 Å². The van der Waals surface area contributed by atoms with Crippen molar-refractivity contribution in [2.75, 3.05) is 25.2 Å². The van der Waals surface area contributed by atoms with E-state index in [4.69, 9.17) is 9.47 Å². The van der Waals surface area contributed by atoms with E-state index in [2.05, 4.69) is 5.32 Å². The highest BCUT2D eigenvalue weighted by Crippen LogP contribution is 2.45. The quantitative estimate of drug-likeness (QED) is 0.712. The Labute approximate surface area is 167 Å². The molecule has 0 radical (unpaired) electrons. The SMILES string of the molecule is COc1cccc(CNC(=O)COC(=O)c2ccc(C3SCCS3)cc2)c1. The number of benzene rings is 2. The summed E-state index contributed by atoms with van der Waals surface area (Å²) < 4.78 is 10.7. The minimum atomic E-state index is -0.496. The number of hydrogen-bond donors (Lipinski definition) is 1. The van der Waals surface area contributed by atoms with Gasteiger partial charge in [-0.2, -0.15) is 0 Å². The summed E-state index contributed by atoms with van der Waals surface area (Å²) in [4.78, 5) is 24.0. The van der Waals surface area contributed by atoms with Crippen LogP contribution in [0.5, 0.6) is 5.75 Å². The Balaban J connectivity index is 1.44. The zero-order chi connectivity index (χ0) is 19.1. The van der Waals surface area contributed by atoms with Gasteiger partial charge in [0.15, 0.2) is 6.61 Å². The van der Waals surface area contributed by atoms with Crippen LogP contribution >= 0.6 is 23.5 Å². The van der Waals surface area contributed by atoms with E-state index in [0.29, 0.717) is 16.7 Å². The molecule has 5 nitrogen and oxygen atoms in total. The molecule has 7 heteroatoms. The van der Waals surface area contributed by atoms with Crippen LogP contribution in [0.3, 0.4) is 0 Å². The molecule has 0 saturated carbocycles. The van der Waals surface area contributed by atoms with E-state index >= 15 is 0 Å². The van der Waals surface area contributed by atoms with Crippen molar-refractivity contribution in [1.29, 1.82) is 0 Å². The van der Waals surface area contributed by atoms with Gasteiger partial charge in [-0.25, -0.2) is 4.79 Å². The summed E-state index contributed by atoms with van der Waals surface area (Å²) in [6.07, 6.45) is 0. The third-order valence-corrected chi connectivity index (χ3v) is 7.10. The number of nitrogens with one attached hydrogen (secondary N) is 1. The Morgan fingerprint density at radius 2 is 1.85 bits per heavy atom. The average molecular weight is 404 g/mol. The van der Waals surface area contributed by atoms with Crippen molar-refractivity contribution in [2.45, 2.75) is 11.1 Å². The van der Waals surface area contributed by atoms with Gasteiger partial charge in [-0.05, 0) is 35.4 Å². The number of hydrogen-bond acceptors (Lipinski definition) is 6. The second-order valence-corrected chi connectivity index (χ2v) is 8.62. The summed E-state index contributed by atoms with van der Waals surface area (Å²) >= 11 is 3.83. The van der Waals surface area contributed by atoms with Crippen molar-refractivity contribution in [3.05, 3.63) is 65.2 Å². The molecule has 142 valence electrons. The van der Waals surface area contributed by atoms with Crippen LogP contribution in [0.25, 0.3) is 0 Å². The van der Waals surface area contributed by atoms with Crippen molar-refractivity contribution >= 4 is 35.4 Å². The first-order chi connectivity index (χ1) is 13.2. The first-order valence-corrected chi connectivity index (χ1v) is 10.7. The van der Waals surface area contributed by atoms with Crippen LogP contribution in [0.15, 0.2) is 48.5 Å². The highest BCUT2D eigenvalue weighted by atomic mass is 32.2. The van der Waals surface area contributed by atoms with E-state index in [9.17, 15) is 9.59 Å². The third-order valence-electron chi connectivity index (χ3n) is 4.00. The maximum absolute atomic E-state index is 12.1. The Morgan fingerprint density at radius 1 is 1.11 bits per heavy atom. The first-order valence-electron chi connectivity index (χ1n) is 8.55. The Morgan fingerprint density at radius 3 is 2.56 bits per heavy atom. The van der Waals surface area contributed by atoms with Gasteiger partial charge in [-0.15, -0.1) is 23.5 Å². The Bertz CT molecular complexity index is 789. The second kappa shape index (κ2) is 9.71. The number of thioether (sulfide) groups is 2. The van der Waals surface area contributed by atoms with Gasteiger partial charge in [0.1, 0.15) is 5.75 Å². The molecule has 0 spiro atoms. The van der Waals surface area contributed by atoms with Crippen LogP contribution in [0.4, 0.5) is 0 Å². The fourth-order valence-electron chi connectivity index (χ4n) is 2.58. The minimum Gasteiger partial charge on any atom is -0.497 e. The van der Waals surface area contributed by atoms with E-state index < -0.39 is 5.97 Å². The molecule has 2 aromatic rings. The van der Waals surface area contributed by atoms with Crippen LogP contribution < -0.4 is 10.1 Å². The van der Waals surface area contributed by atoms with Gasteiger partial charge in [-0.1, -0.05) is 24.3 Å². The molecular weight excluding hydrogens is 382 g/mol. The number of carbonyl (C=O) groups is 2. The number of ether oxygens (including phenoxy) is 2. The van der Waals surface area contributed by atoms with Crippen LogP contribution in [-0.2, 0) is 16.1 Å². The lowest BCUT2D eigenvalue weighted by molar-refractivity contribution is -0.124. The number of carbonyl (C=O) groups excluding carboxylic acids is 2. The zero-order valence-corrected chi connectivity index (χ0v) is 16.6. The van der Waals surface area contributed by atoms with E-state index in [-0.39, 0.29) is 12.5 Å². The number of amides is 1. The Hall–Kier alpha value is -2.12. The van der Waals surface area contributed by atoms with Gasteiger partial charge in [0.05, 0.1) is 17.3 Å². The van der Waals surface area contributed by atoms with Gasteiger partial charge in [0.2, 0.25) is 0 Å². The molecule has 27 heavy (non-hydrogen) atoms. The highest BCUT2D eigenvalue weighted by Gasteiger charge is 2.18. The van der Waals surface area contributed by atoms with E-state index in [1.165, 1.54) is 5.56 Å². The van der Waals surface area contributed by atoms with Gasteiger partial charge < -0.3 is 14.8 Å². The van der Waals surface area contributed by atoms with Gasteiger partial charge in [0, 0.05) is 18.1 Å². The average Bonchev–Trinajstić information content (AvgIpc) is 3.25. The molecule has 0 bridgehead atoms. The monoisotopic (exact) mass is 403 g/mol. The summed E-state index contributed by atoms with van der Waals surface area (Å²) in [6.45, 7) is 0.0396. The molecular formula is C20H21NO4S2. The molecule has 1 N–H and O–H groups in total. The molecule has 0 atom stereocenters. The van der Waals surface area contributed by atoms with Crippen molar-refractivity contribution in [3.63, 3.8) is 0 Å². The maximum atomic E-state index is 12.1. The van der Waals surface area contributed by atoms with Crippen molar-refractivity contribution < 1.29 is 19.1 Å². The molecule has 1 amide bonds. The molecule has 0 aromatic heterocycles. The van der Waals surface area contributed by atoms with Crippen molar-refractivity contribution in [1.82, 2.24) is 5.32 Å². The molecule has 1 aliphatic heterocycles. The molecule has 2 aromatic carbocycles. The summed E-state index contributed by atoms with van der Waals surface area (Å²) in [7, 11) is 1.59. The molecule has 1 fully saturated rings. The number of methoxy groups -OCH3 is 1. The lowest BCUT2D eigenvalue weighted by Crippen LogP contribution is -2.28. The largest absolute Gasteiger partial charge is 0.497 e. The van der Waals surface area contributed by atoms with E-state index in [1.54, 1.807) is 19.2 Å². The smallest absolute Gasteiger partial charge is 0.338 e. The van der Waals surface area contributed by atoms with Crippen LogP contribution in [0.1, 0.15) is 26.1 Å². The topological polar surface area (TPSA) is 64.6 Å². The molecule has 1 saturated heterocycles. The van der Waals surface area contributed by atoms with E-state index in [0.717, 1.165) is 22.8 Å². The van der Waals surface area contributed by atoms with Gasteiger partial charge >= 0.3 is 5.97 Å². The maximum Gasteiger partial charge on any atom is 0.338 e. The predicted octanol–water partition coefficient (Wildman–Crippen LogP) is 3.65. The van der Waals surface area contributed by atoms with Crippen LogP contribution in [0.2, 0.25) is 0 Å². The molecule has 0 unspecified atom stereocenters. The normalized spacial score (nSPS) is 14.0. The fraction of sp³-hybridized carbons (Fsp3) is 0.300. The summed E-state index contributed by atoms with van der Waals surface area (Å²) in [5.41, 5.74) is 2.56. The second-order valence-electron chi connectivity index (χ2n) is 5.90. The third kappa shape index (κ3) is 5.68. The highest BCUT2D eigenvalue weighted by molar-refractivity contribution is 8.19. The Kier molecular flexibility index (Phi) is 7.06. The molecule has 1 heterocycles. The number of esters is 1. The predicted molar refractivity (Wildman–Crippen MR) is 109 cm³/mol. The van der Waals surface area contributed by atoms with Crippen LogP contribution in [-0.4, -0.2) is 37.1 Å². The van der Waals surface area contributed by atoms with Gasteiger partial charge in [-0.3, -0.25) is 4.79 Å². The van der Waals surface area contributed by atoms with Crippen molar-refractivity contribution in [2.24, 2.45) is 0 Å². The number of rotatable bonds is 7. The van der Waals surface area contributed by atoms with Gasteiger partial charge in [0.25, 0.3) is 5.91 Å². The molecule has 0 aliphatic carbocycles. The fourth-order valence-corrected chi connectivity index (χ4v) is 5.44. The molecule has 1 aliphatic rings. The summed E-state index contributed by atoms with van der Waals surface area (Å²) in [5.74, 6) is 2.20. The molecule has 3 rings (SSSR count). The minimum absolute atomic E-state index is 0.307.